The van der Waals surface area contributed by atoms with Crippen LogP contribution in [0.5, 0.6) is 0 Å². The molecule has 1 saturated heterocycles. The minimum Gasteiger partial charge on any atom is -0.444 e. The molecule has 0 bridgehead atoms. The van der Waals surface area contributed by atoms with Crippen molar-refractivity contribution in [1.29, 1.82) is 0 Å². The van der Waals surface area contributed by atoms with Crippen molar-refractivity contribution in [2.24, 2.45) is 0 Å². The van der Waals surface area contributed by atoms with Gasteiger partial charge in [-0.25, -0.2) is 9.97 Å². The maximum atomic E-state index is 13.3. The molecular formula is C22H23N5O2. The van der Waals surface area contributed by atoms with E-state index in [4.69, 9.17) is 4.42 Å². The highest BCUT2D eigenvalue weighted by Crippen LogP contribution is 2.34. The Morgan fingerprint density at radius 2 is 1.72 bits per heavy atom. The first kappa shape index (κ1) is 17.8. The van der Waals surface area contributed by atoms with E-state index in [1.54, 1.807) is 24.8 Å². The number of nitrogens with zero attached hydrogens (tertiary/aromatic N) is 5. The molecule has 2 fully saturated rings. The zero-order chi connectivity index (χ0) is 19.6. The standard InChI is InChI=1S/C22H23N5O2/c28-22(17-3-1-16(2-4-17)20-13-24-15-29-20)27(18-5-6-18)19-7-11-26(12-8-19)21-14-23-9-10-25-21/h1-4,9-10,13-15,18-19H,5-8,11-12H2. The molecule has 0 atom stereocenters. The van der Waals surface area contributed by atoms with Gasteiger partial charge in [0.15, 0.2) is 12.2 Å². The summed E-state index contributed by atoms with van der Waals surface area (Å²) >= 11 is 0. The third-order valence-corrected chi connectivity index (χ3v) is 5.75. The summed E-state index contributed by atoms with van der Waals surface area (Å²) in [7, 11) is 0. The monoisotopic (exact) mass is 389 g/mol. The minimum atomic E-state index is 0.134. The summed E-state index contributed by atoms with van der Waals surface area (Å²) in [4.78, 5) is 30.2. The molecule has 2 aromatic heterocycles. The molecule has 0 spiro atoms. The van der Waals surface area contributed by atoms with E-state index in [2.05, 4.69) is 24.8 Å². The van der Waals surface area contributed by atoms with E-state index in [-0.39, 0.29) is 11.9 Å². The Balaban J connectivity index is 1.29. The van der Waals surface area contributed by atoms with Gasteiger partial charge >= 0.3 is 0 Å². The number of anilines is 1. The molecule has 1 aliphatic heterocycles. The number of hydrogen-bond donors (Lipinski definition) is 0. The summed E-state index contributed by atoms with van der Waals surface area (Å²) in [6, 6.07) is 8.29. The van der Waals surface area contributed by atoms with Crippen LogP contribution in [0.3, 0.4) is 0 Å². The number of carbonyl (C=O) groups is 1. The van der Waals surface area contributed by atoms with Crippen LogP contribution in [0.25, 0.3) is 11.3 Å². The van der Waals surface area contributed by atoms with E-state index >= 15 is 0 Å². The van der Waals surface area contributed by atoms with Crippen LogP contribution in [0, 0.1) is 0 Å². The van der Waals surface area contributed by atoms with E-state index in [0.717, 1.165) is 55.7 Å². The molecule has 7 nitrogen and oxygen atoms in total. The van der Waals surface area contributed by atoms with Gasteiger partial charge in [0.05, 0.1) is 12.4 Å². The van der Waals surface area contributed by atoms with Gasteiger partial charge in [0.25, 0.3) is 5.91 Å². The molecule has 1 amide bonds. The molecule has 29 heavy (non-hydrogen) atoms. The zero-order valence-corrected chi connectivity index (χ0v) is 16.1. The van der Waals surface area contributed by atoms with Crippen LogP contribution >= 0.6 is 0 Å². The first-order chi connectivity index (χ1) is 14.3. The second kappa shape index (κ2) is 7.66. The number of carbonyl (C=O) groups excluding carboxylic acids is 1. The van der Waals surface area contributed by atoms with Gasteiger partial charge in [-0.3, -0.25) is 9.78 Å². The van der Waals surface area contributed by atoms with Crippen LogP contribution in [-0.2, 0) is 0 Å². The molecule has 1 aliphatic carbocycles. The van der Waals surface area contributed by atoms with Gasteiger partial charge in [-0.1, -0.05) is 12.1 Å². The largest absolute Gasteiger partial charge is 0.444 e. The highest BCUT2D eigenvalue weighted by molar-refractivity contribution is 5.95. The summed E-state index contributed by atoms with van der Waals surface area (Å²) in [5.41, 5.74) is 1.66. The van der Waals surface area contributed by atoms with Crippen LogP contribution < -0.4 is 4.90 Å². The number of rotatable bonds is 5. The minimum absolute atomic E-state index is 0.134. The van der Waals surface area contributed by atoms with Crippen molar-refractivity contribution in [2.45, 2.75) is 37.8 Å². The van der Waals surface area contributed by atoms with Crippen LogP contribution in [0.2, 0.25) is 0 Å². The third-order valence-electron chi connectivity index (χ3n) is 5.75. The van der Waals surface area contributed by atoms with E-state index in [0.29, 0.717) is 11.8 Å². The molecule has 1 aromatic carbocycles. The molecule has 3 aromatic rings. The van der Waals surface area contributed by atoms with Crippen molar-refractivity contribution in [1.82, 2.24) is 19.9 Å². The van der Waals surface area contributed by atoms with Crippen LogP contribution in [0.15, 0.2) is 59.9 Å². The first-order valence-corrected chi connectivity index (χ1v) is 10.1. The molecular weight excluding hydrogens is 366 g/mol. The quantitative estimate of drug-likeness (QED) is 0.666. The van der Waals surface area contributed by atoms with Gasteiger partial charge in [-0.2, -0.15) is 0 Å². The van der Waals surface area contributed by atoms with E-state index in [9.17, 15) is 4.79 Å². The SMILES string of the molecule is O=C(c1ccc(-c2cnco2)cc1)N(C1CC1)C1CCN(c2cnccn2)CC1. The molecule has 148 valence electrons. The Kier molecular flexibility index (Phi) is 4.71. The fourth-order valence-corrected chi connectivity index (χ4v) is 4.09. The Bertz CT molecular complexity index is 947. The molecule has 3 heterocycles. The van der Waals surface area contributed by atoms with Crippen LogP contribution in [0.1, 0.15) is 36.0 Å². The van der Waals surface area contributed by atoms with Gasteiger partial charge in [0.1, 0.15) is 5.82 Å². The van der Waals surface area contributed by atoms with Crippen molar-refractivity contribution in [3.8, 4) is 11.3 Å². The van der Waals surface area contributed by atoms with Crippen molar-refractivity contribution < 1.29 is 9.21 Å². The maximum absolute atomic E-state index is 13.3. The number of hydrogen-bond acceptors (Lipinski definition) is 6. The molecule has 1 saturated carbocycles. The molecule has 0 N–H and O–H groups in total. The molecule has 7 heteroatoms. The van der Waals surface area contributed by atoms with Crippen molar-refractivity contribution >= 4 is 11.7 Å². The topological polar surface area (TPSA) is 75.4 Å². The fraction of sp³-hybridized carbons (Fsp3) is 0.364. The third kappa shape index (κ3) is 3.72. The van der Waals surface area contributed by atoms with Gasteiger partial charge in [-0.15, -0.1) is 0 Å². The average molecular weight is 389 g/mol. The Morgan fingerprint density at radius 3 is 2.34 bits per heavy atom. The zero-order valence-electron chi connectivity index (χ0n) is 16.1. The second-order valence-corrected chi connectivity index (χ2v) is 7.67. The number of benzene rings is 1. The van der Waals surface area contributed by atoms with Gasteiger partial charge in [-0.05, 0) is 37.8 Å². The Labute approximate surface area is 169 Å². The van der Waals surface area contributed by atoms with E-state index < -0.39 is 0 Å². The van der Waals surface area contributed by atoms with E-state index in [1.807, 2.05) is 24.3 Å². The number of oxazole rings is 1. The summed E-state index contributed by atoms with van der Waals surface area (Å²) in [6.45, 7) is 1.79. The predicted octanol–water partition coefficient (Wildman–Crippen LogP) is 3.41. The molecule has 0 radical (unpaired) electrons. The maximum Gasteiger partial charge on any atom is 0.254 e. The molecule has 5 rings (SSSR count). The normalized spacial score (nSPS) is 17.3. The smallest absolute Gasteiger partial charge is 0.254 e. The highest BCUT2D eigenvalue weighted by Gasteiger charge is 2.39. The lowest BCUT2D eigenvalue weighted by Gasteiger charge is -2.39. The summed E-state index contributed by atoms with van der Waals surface area (Å²) in [5.74, 6) is 1.76. The second-order valence-electron chi connectivity index (χ2n) is 7.67. The van der Waals surface area contributed by atoms with Crippen molar-refractivity contribution in [3.63, 3.8) is 0 Å². The lowest BCUT2D eigenvalue weighted by molar-refractivity contribution is 0.0630. The summed E-state index contributed by atoms with van der Waals surface area (Å²) in [6.07, 6.45) is 12.4. The summed E-state index contributed by atoms with van der Waals surface area (Å²) in [5, 5.41) is 0. The number of aromatic nitrogens is 3. The number of piperidine rings is 1. The van der Waals surface area contributed by atoms with Crippen LogP contribution in [-0.4, -0.2) is 50.9 Å². The molecule has 2 aliphatic rings. The number of amides is 1. The van der Waals surface area contributed by atoms with Gasteiger partial charge < -0.3 is 14.2 Å². The van der Waals surface area contributed by atoms with Crippen molar-refractivity contribution in [2.75, 3.05) is 18.0 Å². The molecule has 0 unspecified atom stereocenters. The Hall–Kier alpha value is -3.22. The first-order valence-electron chi connectivity index (χ1n) is 10.1. The summed E-state index contributed by atoms with van der Waals surface area (Å²) < 4.78 is 5.34. The van der Waals surface area contributed by atoms with Crippen LogP contribution in [0.4, 0.5) is 5.82 Å². The predicted molar refractivity (Wildman–Crippen MR) is 108 cm³/mol. The van der Waals surface area contributed by atoms with E-state index in [1.165, 1.54) is 6.39 Å². The van der Waals surface area contributed by atoms with Gasteiger partial charge in [0, 0.05) is 48.7 Å². The fourth-order valence-electron chi connectivity index (χ4n) is 4.09. The lowest BCUT2D eigenvalue weighted by Crippen LogP contribution is -2.48. The van der Waals surface area contributed by atoms with Crippen molar-refractivity contribution in [3.05, 3.63) is 61.0 Å². The average Bonchev–Trinajstić information content (AvgIpc) is 3.46. The lowest BCUT2D eigenvalue weighted by atomic mass is 10.0. The highest BCUT2D eigenvalue weighted by atomic mass is 16.3. The van der Waals surface area contributed by atoms with Gasteiger partial charge in [0.2, 0.25) is 0 Å². The Morgan fingerprint density at radius 1 is 0.966 bits per heavy atom.